The number of hydrogen-bond donors (Lipinski definition) is 1. The minimum atomic E-state index is 0.0533. The molecule has 2 aromatic carbocycles. The molecular formula is C19H19BrN4O2. The van der Waals surface area contributed by atoms with Gasteiger partial charge in [0.15, 0.2) is 11.5 Å². The molecule has 1 aliphatic heterocycles. The molecule has 0 amide bonds. The van der Waals surface area contributed by atoms with E-state index in [1.807, 2.05) is 28.9 Å². The molecule has 134 valence electrons. The molecular weight excluding hydrogens is 396 g/mol. The lowest BCUT2D eigenvalue weighted by Crippen LogP contribution is -2.28. The second-order valence-corrected chi connectivity index (χ2v) is 7.06. The minimum Gasteiger partial charge on any atom is -0.493 e. The van der Waals surface area contributed by atoms with Crippen LogP contribution in [0.3, 0.4) is 0 Å². The highest BCUT2D eigenvalue weighted by Gasteiger charge is 2.30. The minimum absolute atomic E-state index is 0.0533. The zero-order chi connectivity index (χ0) is 18.1. The SMILES string of the molecule is COc1ccc(C2CC(c3cccc(Br)c3)Nc3ncnn32)cc1OC. The maximum absolute atomic E-state index is 5.47. The molecule has 0 fully saturated rings. The number of fused-ring (bicyclic) bond motifs is 1. The Kier molecular flexibility index (Phi) is 4.55. The third kappa shape index (κ3) is 3.03. The Bertz CT molecular complexity index is 927. The van der Waals surface area contributed by atoms with E-state index >= 15 is 0 Å². The van der Waals surface area contributed by atoms with Gasteiger partial charge in [-0.3, -0.25) is 0 Å². The van der Waals surface area contributed by atoms with Crippen molar-refractivity contribution >= 4 is 21.9 Å². The first-order valence-corrected chi connectivity index (χ1v) is 9.12. The Morgan fingerprint density at radius 2 is 1.92 bits per heavy atom. The third-order valence-electron chi connectivity index (χ3n) is 4.67. The standard InChI is InChI=1S/C19H19BrN4O2/c1-25-17-7-6-13(9-18(17)26-2)16-10-15(12-4-3-5-14(20)8-12)23-19-21-11-22-24(16)19/h3-9,11,15-16H,10H2,1-2H3,(H,21,22,23). The van der Waals surface area contributed by atoms with Gasteiger partial charge >= 0.3 is 0 Å². The van der Waals surface area contributed by atoms with E-state index in [2.05, 4.69) is 49.5 Å². The van der Waals surface area contributed by atoms with Gasteiger partial charge in [-0.25, -0.2) is 4.68 Å². The lowest BCUT2D eigenvalue weighted by atomic mass is 9.93. The molecule has 7 heteroatoms. The molecule has 26 heavy (non-hydrogen) atoms. The second kappa shape index (κ2) is 6.99. The summed E-state index contributed by atoms with van der Waals surface area (Å²) in [6.45, 7) is 0. The monoisotopic (exact) mass is 414 g/mol. The lowest BCUT2D eigenvalue weighted by Gasteiger charge is -2.32. The predicted octanol–water partition coefficient (Wildman–Crippen LogP) is 4.20. The fourth-order valence-corrected chi connectivity index (χ4v) is 3.82. The fourth-order valence-electron chi connectivity index (χ4n) is 3.40. The van der Waals surface area contributed by atoms with Crippen molar-refractivity contribution in [3.63, 3.8) is 0 Å². The van der Waals surface area contributed by atoms with Crippen LogP contribution in [0.2, 0.25) is 0 Å². The van der Waals surface area contributed by atoms with E-state index in [-0.39, 0.29) is 12.1 Å². The van der Waals surface area contributed by atoms with Crippen LogP contribution in [-0.2, 0) is 0 Å². The highest BCUT2D eigenvalue weighted by Crippen LogP contribution is 2.40. The molecule has 1 aromatic heterocycles. The van der Waals surface area contributed by atoms with Gasteiger partial charge < -0.3 is 14.8 Å². The summed E-state index contributed by atoms with van der Waals surface area (Å²) in [6.07, 6.45) is 2.43. The Balaban J connectivity index is 1.74. The van der Waals surface area contributed by atoms with E-state index in [0.29, 0.717) is 11.5 Å². The van der Waals surface area contributed by atoms with Gasteiger partial charge in [-0.1, -0.05) is 34.1 Å². The van der Waals surface area contributed by atoms with Crippen LogP contribution < -0.4 is 14.8 Å². The summed E-state index contributed by atoms with van der Waals surface area (Å²) in [5.41, 5.74) is 2.31. The van der Waals surface area contributed by atoms with Crippen LogP contribution in [0.15, 0.2) is 53.3 Å². The molecule has 4 rings (SSSR count). The van der Waals surface area contributed by atoms with Gasteiger partial charge in [0.2, 0.25) is 5.95 Å². The quantitative estimate of drug-likeness (QED) is 0.692. The van der Waals surface area contributed by atoms with Crippen LogP contribution in [0.1, 0.15) is 29.6 Å². The van der Waals surface area contributed by atoms with E-state index in [4.69, 9.17) is 9.47 Å². The smallest absolute Gasteiger partial charge is 0.222 e. The first kappa shape index (κ1) is 16.9. The molecule has 0 bridgehead atoms. The summed E-state index contributed by atoms with van der Waals surface area (Å²) in [5, 5.41) is 7.90. The van der Waals surface area contributed by atoms with Gasteiger partial charge in [0.1, 0.15) is 6.33 Å². The number of benzene rings is 2. The highest BCUT2D eigenvalue weighted by molar-refractivity contribution is 9.10. The Hall–Kier alpha value is -2.54. The summed E-state index contributed by atoms with van der Waals surface area (Å²) in [7, 11) is 3.29. The molecule has 0 radical (unpaired) electrons. The summed E-state index contributed by atoms with van der Waals surface area (Å²) >= 11 is 3.56. The van der Waals surface area contributed by atoms with Gasteiger partial charge in [0.25, 0.3) is 0 Å². The number of nitrogens with one attached hydrogen (secondary N) is 1. The van der Waals surface area contributed by atoms with Crippen LogP contribution in [0.5, 0.6) is 11.5 Å². The number of nitrogens with zero attached hydrogens (tertiary/aromatic N) is 3. The molecule has 0 aliphatic carbocycles. The average Bonchev–Trinajstić information content (AvgIpc) is 3.15. The van der Waals surface area contributed by atoms with Gasteiger partial charge in [-0.05, 0) is 41.8 Å². The normalized spacial score (nSPS) is 18.7. The van der Waals surface area contributed by atoms with Crippen LogP contribution >= 0.6 is 15.9 Å². The van der Waals surface area contributed by atoms with E-state index in [9.17, 15) is 0 Å². The van der Waals surface area contributed by atoms with Gasteiger partial charge in [-0.2, -0.15) is 10.1 Å². The number of ether oxygens (including phenoxy) is 2. The van der Waals surface area contributed by atoms with Crippen LogP contribution in [0, 0.1) is 0 Å². The number of aromatic nitrogens is 3. The molecule has 0 saturated carbocycles. The zero-order valence-electron chi connectivity index (χ0n) is 14.5. The average molecular weight is 415 g/mol. The first-order valence-electron chi connectivity index (χ1n) is 8.33. The maximum atomic E-state index is 5.47. The summed E-state index contributed by atoms with van der Waals surface area (Å²) in [4.78, 5) is 4.38. The van der Waals surface area contributed by atoms with Crippen LogP contribution in [0.25, 0.3) is 0 Å². The second-order valence-electron chi connectivity index (χ2n) is 6.15. The topological polar surface area (TPSA) is 61.2 Å². The van der Waals surface area contributed by atoms with Crippen molar-refractivity contribution < 1.29 is 9.47 Å². The zero-order valence-corrected chi connectivity index (χ0v) is 16.1. The highest BCUT2D eigenvalue weighted by atomic mass is 79.9. The fraction of sp³-hybridized carbons (Fsp3) is 0.263. The van der Waals surface area contributed by atoms with E-state index in [1.54, 1.807) is 20.5 Å². The Morgan fingerprint density at radius 1 is 1.08 bits per heavy atom. The number of anilines is 1. The largest absolute Gasteiger partial charge is 0.493 e. The van der Waals surface area contributed by atoms with Crippen molar-refractivity contribution in [1.82, 2.24) is 14.8 Å². The predicted molar refractivity (Wildman–Crippen MR) is 103 cm³/mol. The van der Waals surface area contributed by atoms with Gasteiger partial charge in [-0.15, -0.1) is 0 Å². The molecule has 1 aliphatic rings. The number of rotatable bonds is 4. The third-order valence-corrected chi connectivity index (χ3v) is 5.17. The summed E-state index contributed by atoms with van der Waals surface area (Å²) in [6, 6.07) is 14.5. The van der Waals surface area contributed by atoms with Gasteiger partial charge in [0, 0.05) is 4.47 Å². The first-order chi connectivity index (χ1) is 12.7. The van der Waals surface area contributed by atoms with E-state index < -0.39 is 0 Å². The number of methoxy groups -OCH3 is 2. The molecule has 0 saturated heterocycles. The van der Waals surface area contributed by atoms with Crippen molar-refractivity contribution in [3.05, 3.63) is 64.4 Å². The number of hydrogen-bond acceptors (Lipinski definition) is 5. The van der Waals surface area contributed by atoms with Gasteiger partial charge in [0.05, 0.1) is 26.3 Å². The van der Waals surface area contributed by atoms with Crippen molar-refractivity contribution in [2.75, 3.05) is 19.5 Å². The molecule has 2 atom stereocenters. The molecule has 1 N–H and O–H groups in total. The van der Waals surface area contributed by atoms with Crippen molar-refractivity contribution in [2.24, 2.45) is 0 Å². The molecule has 2 heterocycles. The van der Waals surface area contributed by atoms with Crippen LogP contribution in [0.4, 0.5) is 5.95 Å². The van der Waals surface area contributed by atoms with Crippen molar-refractivity contribution in [1.29, 1.82) is 0 Å². The van der Waals surface area contributed by atoms with E-state index in [0.717, 1.165) is 22.4 Å². The molecule has 0 spiro atoms. The van der Waals surface area contributed by atoms with Crippen LogP contribution in [-0.4, -0.2) is 29.0 Å². The Labute approximate surface area is 160 Å². The molecule has 3 aromatic rings. The Morgan fingerprint density at radius 3 is 2.69 bits per heavy atom. The van der Waals surface area contributed by atoms with Crippen molar-refractivity contribution in [3.8, 4) is 11.5 Å². The maximum Gasteiger partial charge on any atom is 0.222 e. The molecule has 6 nitrogen and oxygen atoms in total. The summed E-state index contributed by atoms with van der Waals surface area (Å²) in [5.74, 6) is 2.19. The van der Waals surface area contributed by atoms with E-state index in [1.165, 1.54) is 5.56 Å². The molecule has 2 unspecified atom stereocenters. The van der Waals surface area contributed by atoms with Crippen molar-refractivity contribution in [2.45, 2.75) is 18.5 Å². The number of halogens is 1. The lowest BCUT2D eigenvalue weighted by molar-refractivity contribution is 0.352. The summed E-state index contributed by atoms with van der Waals surface area (Å²) < 4.78 is 13.8.